The first-order valence-electron chi connectivity index (χ1n) is 4.00. The highest BCUT2D eigenvalue weighted by molar-refractivity contribution is 7.80. The van der Waals surface area contributed by atoms with E-state index in [1.54, 1.807) is 12.1 Å². The third-order valence-corrected chi connectivity index (χ3v) is 2.15. The normalized spacial score (nSPS) is 10.0. The van der Waals surface area contributed by atoms with Gasteiger partial charge in [-0.1, -0.05) is 6.07 Å². The van der Waals surface area contributed by atoms with E-state index in [2.05, 4.69) is 12.6 Å². The molecular formula is C9H11NO2S. The van der Waals surface area contributed by atoms with Crippen molar-refractivity contribution in [1.82, 2.24) is 0 Å². The van der Waals surface area contributed by atoms with Crippen molar-refractivity contribution in [2.75, 3.05) is 5.75 Å². The average Bonchev–Trinajstić information content (AvgIpc) is 2.08. The lowest BCUT2D eigenvalue weighted by molar-refractivity contribution is -0.384. The topological polar surface area (TPSA) is 43.1 Å². The van der Waals surface area contributed by atoms with E-state index < -0.39 is 0 Å². The lowest BCUT2D eigenvalue weighted by atomic mass is 10.1. The number of hydrogen-bond acceptors (Lipinski definition) is 3. The van der Waals surface area contributed by atoms with Crippen LogP contribution in [0.15, 0.2) is 18.2 Å². The minimum absolute atomic E-state index is 0.155. The van der Waals surface area contributed by atoms with E-state index in [0.717, 1.165) is 17.5 Å². The van der Waals surface area contributed by atoms with E-state index >= 15 is 0 Å². The average molecular weight is 197 g/mol. The van der Waals surface area contributed by atoms with Gasteiger partial charge in [0.05, 0.1) is 4.92 Å². The monoisotopic (exact) mass is 197 g/mol. The van der Waals surface area contributed by atoms with Crippen LogP contribution in [0.4, 0.5) is 5.69 Å². The molecule has 0 radical (unpaired) electrons. The van der Waals surface area contributed by atoms with Crippen LogP contribution < -0.4 is 0 Å². The molecule has 1 aromatic rings. The van der Waals surface area contributed by atoms with Crippen molar-refractivity contribution < 1.29 is 4.92 Å². The van der Waals surface area contributed by atoms with Crippen molar-refractivity contribution in [3.05, 3.63) is 39.4 Å². The molecule has 0 aromatic heterocycles. The Morgan fingerprint density at radius 1 is 1.54 bits per heavy atom. The molecule has 0 fully saturated rings. The fourth-order valence-corrected chi connectivity index (χ4v) is 1.40. The molecule has 0 saturated heterocycles. The SMILES string of the molecule is Cc1ccc([N+](=O)[O-])cc1CCS. The summed E-state index contributed by atoms with van der Waals surface area (Å²) in [4.78, 5) is 10.1. The molecule has 4 heteroatoms. The smallest absolute Gasteiger partial charge is 0.258 e. The molecule has 0 heterocycles. The van der Waals surface area contributed by atoms with Gasteiger partial charge < -0.3 is 0 Å². The van der Waals surface area contributed by atoms with E-state index in [9.17, 15) is 10.1 Å². The molecule has 70 valence electrons. The summed E-state index contributed by atoms with van der Waals surface area (Å²) >= 11 is 4.10. The summed E-state index contributed by atoms with van der Waals surface area (Å²) in [5.41, 5.74) is 2.24. The highest BCUT2D eigenvalue weighted by Gasteiger charge is 2.07. The Morgan fingerprint density at radius 3 is 2.77 bits per heavy atom. The molecule has 0 amide bonds. The van der Waals surface area contributed by atoms with Crippen molar-refractivity contribution >= 4 is 18.3 Å². The van der Waals surface area contributed by atoms with Crippen LogP contribution >= 0.6 is 12.6 Å². The Morgan fingerprint density at radius 2 is 2.23 bits per heavy atom. The second kappa shape index (κ2) is 4.28. The summed E-state index contributed by atoms with van der Waals surface area (Å²) in [5.74, 6) is 0.710. The summed E-state index contributed by atoms with van der Waals surface area (Å²) < 4.78 is 0. The van der Waals surface area contributed by atoms with Gasteiger partial charge in [0.1, 0.15) is 0 Å². The predicted octanol–water partition coefficient (Wildman–Crippen LogP) is 2.38. The summed E-state index contributed by atoms with van der Waals surface area (Å²) in [6.07, 6.45) is 0.774. The van der Waals surface area contributed by atoms with Crippen molar-refractivity contribution in [2.45, 2.75) is 13.3 Å². The zero-order valence-corrected chi connectivity index (χ0v) is 8.25. The molecule has 1 aromatic carbocycles. The molecule has 0 aliphatic carbocycles. The van der Waals surface area contributed by atoms with Gasteiger partial charge in [0.15, 0.2) is 0 Å². The maximum absolute atomic E-state index is 10.5. The lowest BCUT2D eigenvalue weighted by Gasteiger charge is -2.02. The summed E-state index contributed by atoms with van der Waals surface area (Å²) in [7, 11) is 0. The van der Waals surface area contributed by atoms with Crippen LogP contribution in [0.5, 0.6) is 0 Å². The molecular weight excluding hydrogens is 186 g/mol. The molecule has 3 nitrogen and oxygen atoms in total. The van der Waals surface area contributed by atoms with E-state index in [1.807, 2.05) is 6.92 Å². The Bertz CT molecular complexity index is 325. The minimum atomic E-state index is -0.374. The number of thiol groups is 1. The molecule has 0 saturated carbocycles. The lowest BCUT2D eigenvalue weighted by Crippen LogP contribution is -1.94. The van der Waals surface area contributed by atoms with Crippen LogP contribution in [-0.4, -0.2) is 10.7 Å². The van der Waals surface area contributed by atoms with Crippen LogP contribution in [0.3, 0.4) is 0 Å². The molecule has 0 bridgehead atoms. The molecule has 0 spiro atoms. The zero-order chi connectivity index (χ0) is 9.84. The predicted molar refractivity (Wildman–Crippen MR) is 55.4 cm³/mol. The number of benzene rings is 1. The van der Waals surface area contributed by atoms with Crippen molar-refractivity contribution in [2.24, 2.45) is 0 Å². The van der Waals surface area contributed by atoms with Crippen molar-refractivity contribution in [3.63, 3.8) is 0 Å². The Hall–Kier alpha value is -1.03. The van der Waals surface area contributed by atoms with Crippen LogP contribution in [0, 0.1) is 17.0 Å². The number of aryl methyl sites for hydroxylation is 2. The third-order valence-electron chi connectivity index (χ3n) is 1.92. The van der Waals surface area contributed by atoms with E-state index in [1.165, 1.54) is 6.07 Å². The van der Waals surface area contributed by atoms with E-state index in [0.29, 0.717) is 5.75 Å². The van der Waals surface area contributed by atoms with Gasteiger partial charge in [0.2, 0.25) is 0 Å². The zero-order valence-electron chi connectivity index (χ0n) is 7.36. The van der Waals surface area contributed by atoms with Crippen molar-refractivity contribution in [1.29, 1.82) is 0 Å². The molecule has 0 aliphatic heterocycles. The second-order valence-electron chi connectivity index (χ2n) is 2.84. The van der Waals surface area contributed by atoms with Gasteiger partial charge in [-0.3, -0.25) is 10.1 Å². The first-order chi connectivity index (χ1) is 6.15. The van der Waals surface area contributed by atoms with Crippen LogP contribution in [-0.2, 0) is 6.42 Å². The standard InChI is InChI=1S/C9H11NO2S/c1-7-2-3-9(10(11)12)6-8(7)4-5-13/h2-3,6,13H,4-5H2,1H3. The number of hydrogen-bond donors (Lipinski definition) is 1. The second-order valence-corrected chi connectivity index (χ2v) is 3.29. The molecule has 0 N–H and O–H groups in total. The van der Waals surface area contributed by atoms with Gasteiger partial charge >= 0.3 is 0 Å². The summed E-state index contributed by atoms with van der Waals surface area (Å²) in [6.45, 7) is 1.95. The fraction of sp³-hybridized carbons (Fsp3) is 0.333. The number of rotatable bonds is 3. The van der Waals surface area contributed by atoms with E-state index in [4.69, 9.17) is 0 Å². The maximum Gasteiger partial charge on any atom is 0.269 e. The highest BCUT2D eigenvalue weighted by atomic mass is 32.1. The molecule has 0 aliphatic rings. The van der Waals surface area contributed by atoms with Gasteiger partial charge in [0, 0.05) is 12.1 Å². The van der Waals surface area contributed by atoms with Gasteiger partial charge in [-0.05, 0) is 30.2 Å². The van der Waals surface area contributed by atoms with Crippen LogP contribution in [0.1, 0.15) is 11.1 Å². The fourth-order valence-electron chi connectivity index (χ4n) is 1.16. The molecule has 13 heavy (non-hydrogen) atoms. The summed E-state index contributed by atoms with van der Waals surface area (Å²) in [6, 6.07) is 4.92. The quantitative estimate of drug-likeness (QED) is 0.459. The van der Waals surface area contributed by atoms with Gasteiger partial charge in [-0.2, -0.15) is 12.6 Å². The Balaban J connectivity index is 3.03. The Labute approximate surface area is 82.3 Å². The Kier molecular flexibility index (Phi) is 3.31. The number of nitrogens with zero attached hydrogens (tertiary/aromatic N) is 1. The maximum atomic E-state index is 10.5. The molecule has 1 rings (SSSR count). The van der Waals surface area contributed by atoms with Gasteiger partial charge in [0.25, 0.3) is 5.69 Å². The molecule has 0 unspecified atom stereocenters. The first-order valence-corrected chi connectivity index (χ1v) is 4.63. The van der Waals surface area contributed by atoms with Crippen LogP contribution in [0.2, 0.25) is 0 Å². The number of non-ortho nitro benzene ring substituents is 1. The highest BCUT2D eigenvalue weighted by Crippen LogP contribution is 2.17. The minimum Gasteiger partial charge on any atom is -0.258 e. The number of nitro benzene ring substituents is 1. The van der Waals surface area contributed by atoms with Crippen LogP contribution in [0.25, 0.3) is 0 Å². The van der Waals surface area contributed by atoms with Crippen molar-refractivity contribution in [3.8, 4) is 0 Å². The largest absolute Gasteiger partial charge is 0.269 e. The van der Waals surface area contributed by atoms with E-state index in [-0.39, 0.29) is 10.6 Å². The third kappa shape index (κ3) is 2.45. The first kappa shape index (κ1) is 10.1. The van der Waals surface area contributed by atoms with Gasteiger partial charge in [-0.15, -0.1) is 0 Å². The summed E-state index contributed by atoms with van der Waals surface area (Å²) in [5, 5.41) is 10.5. The molecule has 0 atom stereocenters. The number of nitro groups is 1. The van der Waals surface area contributed by atoms with Gasteiger partial charge in [-0.25, -0.2) is 0 Å².